The second-order valence-corrected chi connectivity index (χ2v) is 6.90. The Bertz CT molecular complexity index is 779. The predicted molar refractivity (Wildman–Crippen MR) is 103 cm³/mol. The lowest BCUT2D eigenvalue weighted by molar-refractivity contribution is -0.143. The molecule has 3 rings (SSSR count). The minimum Gasteiger partial charge on any atom is -0.352 e. The van der Waals surface area contributed by atoms with Crippen LogP contribution in [0, 0.1) is 5.92 Å². The summed E-state index contributed by atoms with van der Waals surface area (Å²) in [6.07, 6.45) is 0.921. The Hall–Kier alpha value is -2.33. The van der Waals surface area contributed by atoms with Crippen molar-refractivity contribution in [2.75, 3.05) is 6.54 Å². The Kier molecular flexibility index (Phi) is 5.94. The molecule has 1 fully saturated rings. The maximum Gasteiger partial charge on any atom is 0.225 e. The normalized spacial score (nSPS) is 20.1. The van der Waals surface area contributed by atoms with Gasteiger partial charge >= 0.3 is 0 Å². The quantitative estimate of drug-likeness (QED) is 0.866. The van der Waals surface area contributed by atoms with Crippen LogP contribution >= 0.6 is 11.6 Å². The molecule has 1 saturated heterocycles. The molecule has 5 heteroatoms. The van der Waals surface area contributed by atoms with Gasteiger partial charge in [0.25, 0.3) is 0 Å². The molecule has 1 aliphatic rings. The number of carbonyl (C=O) groups excluding carboxylic acids is 2. The van der Waals surface area contributed by atoms with Gasteiger partial charge in [-0.3, -0.25) is 9.59 Å². The summed E-state index contributed by atoms with van der Waals surface area (Å²) >= 11 is 6.40. The molecule has 26 heavy (non-hydrogen) atoms. The van der Waals surface area contributed by atoms with Crippen molar-refractivity contribution >= 4 is 23.4 Å². The van der Waals surface area contributed by atoms with Gasteiger partial charge in [-0.15, -0.1) is 0 Å². The van der Waals surface area contributed by atoms with Gasteiger partial charge in [-0.05, 0) is 30.5 Å². The lowest BCUT2D eigenvalue weighted by atomic mass is 9.83. The van der Waals surface area contributed by atoms with Crippen LogP contribution in [-0.4, -0.2) is 23.3 Å². The molecule has 1 aliphatic heterocycles. The summed E-state index contributed by atoms with van der Waals surface area (Å²) in [5.41, 5.74) is 1.89. The molecule has 0 radical (unpaired) electrons. The van der Waals surface area contributed by atoms with E-state index in [2.05, 4.69) is 5.32 Å². The van der Waals surface area contributed by atoms with Crippen LogP contribution in [0.25, 0.3) is 0 Å². The highest BCUT2D eigenvalue weighted by Gasteiger charge is 2.40. The first-order chi connectivity index (χ1) is 12.6. The van der Waals surface area contributed by atoms with Crippen LogP contribution in [0.1, 0.15) is 36.9 Å². The number of piperidine rings is 1. The first-order valence-corrected chi connectivity index (χ1v) is 9.35. The van der Waals surface area contributed by atoms with E-state index in [-0.39, 0.29) is 23.8 Å². The molecule has 1 heterocycles. The van der Waals surface area contributed by atoms with Crippen molar-refractivity contribution in [1.29, 1.82) is 0 Å². The van der Waals surface area contributed by atoms with Gasteiger partial charge in [-0.2, -0.15) is 0 Å². The largest absolute Gasteiger partial charge is 0.352 e. The molecule has 1 N–H and O–H groups in total. The fourth-order valence-electron chi connectivity index (χ4n) is 3.62. The molecule has 2 atom stereocenters. The van der Waals surface area contributed by atoms with Crippen molar-refractivity contribution < 1.29 is 9.59 Å². The summed E-state index contributed by atoms with van der Waals surface area (Å²) in [4.78, 5) is 27.1. The van der Waals surface area contributed by atoms with Gasteiger partial charge in [0.2, 0.25) is 11.8 Å². The first kappa shape index (κ1) is 18.5. The maximum absolute atomic E-state index is 12.9. The summed E-state index contributed by atoms with van der Waals surface area (Å²) in [6, 6.07) is 17.0. The van der Waals surface area contributed by atoms with E-state index < -0.39 is 0 Å². The molecule has 0 unspecified atom stereocenters. The van der Waals surface area contributed by atoms with Crippen LogP contribution in [0.4, 0.5) is 0 Å². The minimum atomic E-state index is -0.328. The lowest BCUT2D eigenvalue weighted by Crippen LogP contribution is -2.48. The van der Waals surface area contributed by atoms with Crippen molar-refractivity contribution in [1.82, 2.24) is 10.2 Å². The van der Waals surface area contributed by atoms with Gasteiger partial charge in [0, 0.05) is 24.5 Å². The monoisotopic (exact) mass is 370 g/mol. The summed E-state index contributed by atoms with van der Waals surface area (Å²) < 4.78 is 0. The third-order valence-corrected chi connectivity index (χ3v) is 5.26. The lowest BCUT2D eigenvalue weighted by Gasteiger charge is -2.40. The predicted octanol–water partition coefficient (Wildman–Crippen LogP) is 3.96. The van der Waals surface area contributed by atoms with Crippen LogP contribution in [0.5, 0.6) is 0 Å². The fraction of sp³-hybridized carbons (Fsp3) is 0.333. The Morgan fingerprint density at radius 1 is 1.15 bits per heavy atom. The molecule has 0 aromatic heterocycles. The van der Waals surface area contributed by atoms with Crippen molar-refractivity contribution in [2.24, 2.45) is 5.92 Å². The average Bonchev–Trinajstić information content (AvgIpc) is 2.67. The number of nitrogens with zero attached hydrogens (tertiary/aromatic N) is 1. The molecule has 2 amide bonds. The smallest absolute Gasteiger partial charge is 0.225 e. The number of halogens is 1. The highest BCUT2D eigenvalue weighted by atomic mass is 35.5. The van der Waals surface area contributed by atoms with Gasteiger partial charge < -0.3 is 10.2 Å². The van der Waals surface area contributed by atoms with E-state index in [0.717, 1.165) is 11.1 Å². The highest BCUT2D eigenvalue weighted by Crippen LogP contribution is 2.39. The molecule has 136 valence electrons. The second kappa shape index (κ2) is 8.37. The van der Waals surface area contributed by atoms with Gasteiger partial charge in [0.05, 0.1) is 12.0 Å². The first-order valence-electron chi connectivity index (χ1n) is 8.97. The van der Waals surface area contributed by atoms with Crippen molar-refractivity contribution in [3.8, 4) is 0 Å². The number of amides is 2. The number of carbonyl (C=O) groups is 2. The fourth-order valence-corrected chi connectivity index (χ4v) is 3.86. The summed E-state index contributed by atoms with van der Waals surface area (Å²) in [5.74, 6) is -0.273. The average molecular weight is 371 g/mol. The number of benzene rings is 2. The van der Waals surface area contributed by atoms with Crippen molar-refractivity contribution in [3.63, 3.8) is 0 Å². The molecule has 2 aromatic carbocycles. The van der Waals surface area contributed by atoms with Crippen molar-refractivity contribution in [3.05, 3.63) is 70.7 Å². The molecule has 0 spiro atoms. The van der Waals surface area contributed by atoms with Crippen LogP contribution in [0.15, 0.2) is 54.6 Å². The summed E-state index contributed by atoms with van der Waals surface area (Å²) in [7, 11) is 0. The zero-order valence-corrected chi connectivity index (χ0v) is 15.6. The minimum absolute atomic E-state index is 0.0373. The summed E-state index contributed by atoms with van der Waals surface area (Å²) in [6.45, 7) is 2.97. The Morgan fingerprint density at radius 3 is 2.54 bits per heavy atom. The van der Waals surface area contributed by atoms with E-state index in [9.17, 15) is 9.59 Å². The maximum atomic E-state index is 12.9. The van der Waals surface area contributed by atoms with Gasteiger partial charge in [0.1, 0.15) is 0 Å². The highest BCUT2D eigenvalue weighted by molar-refractivity contribution is 6.31. The van der Waals surface area contributed by atoms with E-state index in [4.69, 9.17) is 11.6 Å². The molecule has 4 nitrogen and oxygen atoms in total. The van der Waals surface area contributed by atoms with Crippen LogP contribution in [0.3, 0.4) is 0 Å². The third kappa shape index (κ3) is 3.91. The van der Waals surface area contributed by atoms with Crippen molar-refractivity contribution in [2.45, 2.75) is 32.4 Å². The molecule has 0 aliphatic carbocycles. The Morgan fingerprint density at radius 2 is 1.85 bits per heavy atom. The zero-order valence-electron chi connectivity index (χ0n) is 14.8. The number of rotatable bonds is 5. The molecular weight excluding hydrogens is 348 g/mol. The van der Waals surface area contributed by atoms with Gasteiger partial charge in [-0.25, -0.2) is 0 Å². The molecule has 2 aromatic rings. The van der Waals surface area contributed by atoms with Crippen LogP contribution in [-0.2, 0) is 16.1 Å². The number of nitrogens with one attached hydrogen (secondary N) is 1. The Labute approximate surface area is 159 Å². The van der Waals surface area contributed by atoms with Gasteiger partial charge in [-0.1, -0.05) is 60.1 Å². The third-order valence-electron chi connectivity index (χ3n) is 4.92. The van der Waals surface area contributed by atoms with E-state index in [1.54, 1.807) is 4.90 Å². The van der Waals surface area contributed by atoms with Crippen LogP contribution in [0.2, 0.25) is 5.02 Å². The standard InChI is InChI=1S/C21H23ClN2O2/c1-2-24-19(25)13-12-17(20(24)16-10-6-7-11-18(16)22)21(26)23-14-15-8-4-3-5-9-15/h3-11,17,20H,2,12-14H2,1H3,(H,23,26)/t17-,20+/m1/s1. The molecule has 0 bridgehead atoms. The SMILES string of the molecule is CCN1C(=O)CC[C@@H](C(=O)NCc2ccccc2)[C@@H]1c1ccccc1Cl. The second-order valence-electron chi connectivity index (χ2n) is 6.49. The number of hydrogen-bond acceptors (Lipinski definition) is 2. The van der Waals surface area contributed by atoms with E-state index in [0.29, 0.717) is 31.0 Å². The summed E-state index contributed by atoms with van der Waals surface area (Å²) in [5, 5.41) is 3.62. The van der Waals surface area contributed by atoms with E-state index in [1.165, 1.54) is 0 Å². The topological polar surface area (TPSA) is 49.4 Å². The number of hydrogen-bond donors (Lipinski definition) is 1. The zero-order chi connectivity index (χ0) is 18.5. The molecular formula is C21H23ClN2O2. The van der Waals surface area contributed by atoms with Gasteiger partial charge in [0.15, 0.2) is 0 Å². The van der Waals surface area contributed by atoms with E-state index in [1.807, 2.05) is 61.5 Å². The Balaban J connectivity index is 1.84. The van der Waals surface area contributed by atoms with Crippen LogP contribution < -0.4 is 5.32 Å². The number of likely N-dealkylation sites (tertiary alicyclic amines) is 1. The van der Waals surface area contributed by atoms with E-state index >= 15 is 0 Å². The molecule has 0 saturated carbocycles.